The van der Waals surface area contributed by atoms with E-state index in [2.05, 4.69) is 6.92 Å². The van der Waals surface area contributed by atoms with E-state index in [4.69, 9.17) is 14.6 Å². The minimum atomic E-state index is 0.163. The van der Waals surface area contributed by atoms with Crippen LogP contribution in [0.25, 0.3) is 0 Å². The molecule has 3 heteroatoms. The molecule has 2 aliphatic rings. The molecule has 0 spiro atoms. The molecule has 2 saturated carbocycles. The van der Waals surface area contributed by atoms with E-state index in [-0.39, 0.29) is 6.61 Å². The summed E-state index contributed by atoms with van der Waals surface area (Å²) in [6.07, 6.45) is 7.31. The Morgan fingerprint density at radius 1 is 1.00 bits per heavy atom. The Kier molecular flexibility index (Phi) is 6.15. The van der Waals surface area contributed by atoms with Crippen molar-refractivity contribution in [3.05, 3.63) is 0 Å². The number of aliphatic hydroxyl groups excluding tert-OH is 1. The molecule has 0 unspecified atom stereocenters. The van der Waals surface area contributed by atoms with Crippen molar-refractivity contribution in [2.75, 3.05) is 19.8 Å². The van der Waals surface area contributed by atoms with Crippen LogP contribution in [0.15, 0.2) is 0 Å². The molecular formula is C11H22O3. The molecule has 1 N–H and O–H groups in total. The summed E-state index contributed by atoms with van der Waals surface area (Å²) in [6.45, 7) is 3.79. The van der Waals surface area contributed by atoms with Gasteiger partial charge in [0.05, 0.1) is 25.4 Å². The second-order valence-electron chi connectivity index (χ2n) is 3.86. The molecule has 3 nitrogen and oxygen atoms in total. The van der Waals surface area contributed by atoms with E-state index in [1.807, 2.05) is 0 Å². The Hall–Kier alpha value is -0.120. The van der Waals surface area contributed by atoms with Crippen LogP contribution in [-0.2, 0) is 9.47 Å². The molecule has 0 aliphatic heterocycles. The fourth-order valence-corrected chi connectivity index (χ4v) is 0.973. The van der Waals surface area contributed by atoms with Gasteiger partial charge in [-0.1, -0.05) is 6.92 Å². The zero-order valence-electron chi connectivity index (χ0n) is 9.08. The first-order valence-electron chi connectivity index (χ1n) is 5.71. The van der Waals surface area contributed by atoms with Crippen molar-refractivity contribution in [3.63, 3.8) is 0 Å². The third-order valence-corrected chi connectivity index (χ3v) is 2.05. The van der Waals surface area contributed by atoms with Crippen molar-refractivity contribution in [1.29, 1.82) is 0 Å². The number of rotatable bonds is 6. The lowest BCUT2D eigenvalue weighted by Gasteiger charge is -1.94. The third-order valence-electron chi connectivity index (χ3n) is 2.05. The van der Waals surface area contributed by atoms with Gasteiger partial charge in [0.25, 0.3) is 0 Å². The van der Waals surface area contributed by atoms with Gasteiger partial charge in [-0.15, -0.1) is 0 Å². The second-order valence-corrected chi connectivity index (χ2v) is 3.86. The summed E-state index contributed by atoms with van der Waals surface area (Å²) in [6, 6.07) is 0. The summed E-state index contributed by atoms with van der Waals surface area (Å²) in [5, 5.41) is 8.22. The van der Waals surface area contributed by atoms with E-state index in [9.17, 15) is 0 Å². The van der Waals surface area contributed by atoms with Crippen molar-refractivity contribution in [3.8, 4) is 0 Å². The summed E-state index contributed by atoms with van der Waals surface area (Å²) >= 11 is 0. The van der Waals surface area contributed by atoms with Crippen LogP contribution in [0.1, 0.15) is 39.0 Å². The highest BCUT2D eigenvalue weighted by atomic mass is 16.5. The standard InChI is InChI=1S/C6H12O.C5H10O2/c1-2-5-7-6-3-4-6;6-3-4-7-5-1-2-5/h6H,2-5H2,1H3;5-6H,1-4H2. The van der Waals surface area contributed by atoms with E-state index in [1.165, 1.54) is 25.7 Å². The normalized spacial score (nSPS) is 20.1. The van der Waals surface area contributed by atoms with Gasteiger partial charge in [-0.25, -0.2) is 0 Å². The van der Waals surface area contributed by atoms with Crippen molar-refractivity contribution >= 4 is 0 Å². The largest absolute Gasteiger partial charge is 0.394 e. The highest BCUT2D eigenvalue weighted by Gasteiger charge is 2.21. The quantitative estimate of drug-likeness (QED) is 0.713. The molecule has 2 aliphatic carbocycles. The zero-order chi connectivity index (χ0) is 10.2. The fraction of sp³-hybridized carbons (Fsp3) is 1.00. The summed E-state index contributed by atoms with van der Waals surface area (Å²) < 4.78 is 10.4. The summed E-state index contributed by atoms with van der Waals surface area (Å²) in [5.74, 6) is 0. The third kappa shape index (κ3) is 7.30. The van der Waals surface area contributed by atoms with Gasteiger partial charge in [0, 0.05) is 6.61 Å². The lowest BCUT2D eigenvalue weighted by Crippen LogP contribution is -1.99. The minimum absolute atomic E-state index is 0.163. The second kappa shape index (κ2) is 7.21. The molecule has 0 amide bonds. The van der Waals surface area contributed by atoms with Crippen LogP contribution in [0.3, 0.4) is 0 Å². The van der Waals surface area contributed by atoms with Crippen LogP contribution in [0.5, 0.6) is 0 Å². The molecule has 0 radical (unpaired) electrons. The summed E-state index contributed by atoms with van der Waals surface area (Å²) in [7, 11) is 0. The minimum Gasteiger partial charge on any atom is -0.394 e. The maximum absolute atomic E-state index is 8.22. The molecule has 2 fully saturated rings. The van der Waals surface area contributed by atoms with Crippen molar-refractivity contribution < 1.29 is 14.6 Å². The first-order valence-corrected chi connectivity index (χ1v) is 5.71. The average Bonchev–Trinajstić information content (AvgIpc) is 3.04. The van der Waals surface area contributed by atoms with Crippen LogP contribution in [0.2, 0.25) is 0 Å². The maximum Gasteiger partial charge on any atom is 0.0701 e. The van der Waals surface area contributed by atoms with E-state index < -0.39 is 0 Å². The monoisotopic (exact) mass is 202 g/mol. The lowest BCUT2D eigenvalue weighted by molar-refractivity contribution is 0.0808. The van der Waals surface area contributed by atoms with Crippen LogP contribution in [-0.4, -0.2) is 37.1 Å². The number of ether oxygens (including phenoxy) is 2. The molecule has 0 atom stereocenters. The molecule has 2 rings (SSSR count). The summed E-state index contributed by atoms with van der Waals surface area (Å²) in [5.41, 5.74) is 0. The Labute approximate surface area is 86.4 Å². The van der Waals surface area contributed by atoms with Crippen molar-refractivity contribution in [1.82, 2.24) is 0 Å². The van der Waals surface area contributed by atoms with Crippen molar-refractivity contribution in [2.45, 2.75) is 51.2 Å². The average molecular weight is 202 g/mol. The van der Waals surface area contributed by atoms with E-state index in [0.29, 0.717) is 18.8 Å². The molecular weight excluding hydrogens is 180 g/mol. The van der Waals surface area contributed by atoms with Gasteiger partial charge in [-0.2, -0.15) is 0 Å². The van der Waals surface area contributed by atoms with Gasteiger partial charge in [-0.3, -0.25) is 0 Å². The number of hydrogen-bond acceptors (Lipinski definition) is 3. The first kappa shape index (κ1) is 12.0. The van der Waals surface area contributed by atoms with Gasteiger partial charge >= 0.3 is 0 Å². The molecule has 0 heterocycles. The SMILES string of the molecule is CCCOC1CC1.OCCOC1CC1. The van der Waals surface area contributed by atoms with E-state index >= 15 is 0 Å². The Bertz CT molecular complexity index is 114. The molecule has 0 aromatic heterocycles. The van der Waals surface area contributed by atoms with Crippen molar-refractivity contribution in [2.24, 2.45) is 0 Å². The van der Waals surface area contributed by atoms with Gasteiger partial charge in [0.2, 0.25) is 0 Å². The van der Waals surface area contributed by atoms with Crippen LogP contribution in [0.4, 0.5) is 0 Å². The molecule has 0 bridgehead atoms. The fourth-order valence-electron chi connectivity index (χ4n) is 0.973. The molecule has 0 aromatic rings. The predicted octanol–water partition coefficient (Wildman–Crippen LogP) is 1.73. The predicted molar refractivity (Wildman–Crippen MR) is 55.3 cm³/mol. The van der Waals surface area contributed by atoms with Crippen LogP contribution in [0, 0.1) is 0 Å². The van der Waals surface area contributed by atoms with E-state index in [0.717, 1.165) is 13.0 Å². The number of aliphatic hydroxyl groups is 1. The van der Waals surface area contributed by atoms with Gasteiger partial charge in [0.1, 0.15) is 0 Å². The maximum atomic E-state index is 8.22. The smallest absolute Gasteiger partial charge is 0.0701 e. The molecule has 0 saturated heterocycles. The van der Waals surface area contributed by atoms with Gasteiger partial charge in [-0.05, 0) is 32.1 Å². The Morgan fingerprint density at radius 3 is 1.86 bits per heavy atom. The molecule has 14 heavy (non-hydrogen) atoms. The number of hydrogen-bond donors (Lipinski definition) is 1. The van der Waals surface area contributed by atoms with Gasteiger partial charge in [0.15, 0.2) is 0 Å². The summed E-state index contributed by atoms with van der Waals surface area (Å²) in [4.78, 5) is 0. The lowest BCUT2D eigenvalue weighted by atomic mass is 10.5. The Morgan fingerprint density at radius 2 is 1.50 bits per heavy atom. The van der Waals surface area contributed by atoms with Crippen LogP contribution < -0.4 is 0 Å². The first-order chi connectivity index (χ1) is 6.86. The van der Waals surface area contributed by atoms with Crippen LogP contribution >= 0.6 is 0 Å². The van der Waals surface area contributed by atoms with Gasteiger partial charge < -0.3 is 14.6 Å². The van der Waals surface area contributed by atoms with E-state index in [1.54, 1.807) is 0 Å². The molecule has 84 valence electrons. The Balaban J connectivity index is 0.000000140. The topological polar surface area (TPSA) is 38.7 Å². The zero-order valence-corrected chi connectivity index (χ0v) is 9.08. The highest BCUT2D eigenvalue weighted by Crippen LogP contribution is 2.23. The molecule has 0 aromatic carbocycles. The highest BCUT2D eigenvalue weighted by molar-refractivity contribution is 4.73.